The monoisotopic (exact) mass is 264 g/mol. The maximum absolute atomic E-state index is 3.77. The Bertz CT molecular complexity index is 329. The fraction of sp³-hybridized carbons (Fsp3) is 0.467. The molecule has 0 aliphatic rings. The molecule has 0 fully saturated rings. The number of aryl methyl sites for hydroxylation is 1. The van der Waals surface area contributed by atoms with Crippen LogP contribution in [0, 0.1) is 6.92 Å². The molecular weight excluding hydrogens is 236 g/mol. The zero-order valence-electron chi connectivity index (χ0n) is 13.4. The lowest BCUT2D eigenvalue weighted by atomic mass is 10.4. The van der Waals surface area contributed by atoms with Crippen molar-refractivity contribution in [1.29, 1.82) is 0 Å². The largest absolute Gasteiger partial charge is 0.296 e. The van der Waals surface area contributed by atoms with E-state index in [9.17, 15) is 0 Å². The molecule has 1 heterocycles. The summed E-state index contributed by atoms with van der Waals surface area (Å²) in [5.41, 5.74) is 1.98. The van der Waals surface area contributed by atoms with Crippen molar-refractivity contribution < 1.29 is 0 Å². The number of hydrogen-bond donors (Lipinski definition) is 0. The van der Waals surface area contributed by atoms with E-state index in [1.165, 1.54) is 0 Å². The molecule has 0 saturated heterocycles. The SMILES string of the molecule is C=N/C=C(/C)C=NC.CC.CC.Cc1cccnn1. The molecule has 0 aliphatic carbocycles. The third-order valence-electron chi connectivity index (χ3n) is 1.33. The van der Waals surface area contributed by atoms with E-state index in [1.807, 2.05) is 53.7 Å². The normalized spacial score (nSPS) is 9.11. The molecule has 19 heavy (non-hydrogen) atoms. The van der Waals surface area contributed by atoms with E-state index >= 15 is 0 Å². The van der Waals surface area contributed by atoms with E-state index in [1.54, 1.807) is 25.7 Å². The Morgan fingerprint density at radius 2 is 1.84 bits per heavy atom. The van der Waals surface area contributed by atoms with Gasteiger partial charge in [0.2, 0.25) is 0 Å². The summed E-state index contributed by atoms with van der Waals surface area (Å²) in [5.74, 6) is 0. The molecular formula is C15H28N4. The Morgan fingerprint density at radius 3 is 2.11 bits per heavy atom. The zero-order chi connectivity index (χ0) is 15.5. The number of aliphatic imine (C=N–C) groups is 2. The van der Waals surface area contributed by atoms with E-state index in [4.69, 9.17) is 0 Å². The Hall–Kier alpha value is -1.84. The van der Waals surface area contributed by atoms with E-state index < -0.39 is 0 Å². The Balaban J connectivity index is -0.000000214. The van der Waals surface area contributed by atoms with Crippen molar-refractivity contribution in [2.75, 3.05) is 7.05 Å². The molecule has 4 nitrogen and oxygen atoms in total. The summed E-state index contributed by atoms with van der Waals surface area (Å²) < 4.78 is 0. The summed E-state index contributed by atoms with van der Waals surface area (Å²) in [6.07, 6.45) is 5.05. The first kappa shape index (κ1) is 22.3. The van der Waals surface area contributed by atoms with E-state index in [-0.39, 0.29) is 0 Å². The molecule has 0 atom stereocenters. The van der Waals surface area contributed by atoms with E-state index in [0.29, 0.717) is 0 Å². The third kappa shape index (κ3) is 21.9. The number of allylic oxidation sites excluding steroid dienone is 1. The summed E-state index contributed by atoms with van der Waals surface area (Å²) >= 11 is 0. The van der Waals surface area contributed by atoms with Gasteiger partial charge in [0.15, 0.2) is 0 Å². The van der Waals surface area contributed by atoms with Crippen LogP contribution in [-0.2, 0) is 0 Å². The van der Waals surface area contributed by atoms with Crippen molar-refractivity contribution in [1.82, 2.24) is 10.2 Å². The average Bonchev–Trinajstić information content (AvgIpc) is 2.45. The molecule has 0 aliphatic heterocycles. The van der Waals surface area contributed by atoms with Gasteiger partial charge in [0.1, 0.15) is 0 Å². The van der Waals surface area contributed by atoms with Crippen LogP contribution in [0.25, 0.3) is 0 Å². The smallest absolute Gasteiger partial charge is 0.0600 e. The van der Waals surface area contributed by atoms with Gasteiger partial charge in [-0.25, -0.2) is 0 Å². The molecule has 0 amide bonds. The van der Waals surface area contributed by atoms with Gasteiger partial charge in [-0.3, -0.25) is 9.98 Å². The number of nitrogens with zero attached hydrogens (tertiary/aromatic N) is 4. The molecule has 0 spiro atoms. The molecule has 108 valence electrons. The predicted octanol–water partition coefficient (Wildman–Crippen LogP) is 4.13. The van der Waals surface area contributed by atoms with Crippen LogP contribution in [0.1, 0.15) is 40.3 Å². The van der Waals surface area contributed by atoms with E-state index in [0.717, 1.165) is 11.3 Å². The second kappa shape index (κ2) is 21.4. The molecule has 0 saturated carbocycles. The van der Waals surface area contributed by atoms with Gasteiger partial charge in [-0.15, -0.1) is 0 Å². The first-order valence-electron chi connectivity index (χ1n) is 6.49. The minimum absolute atomic E-state index is 0.961. The highest BCUT2D eigenvalue weighted by Crippen LogP contribution is 1.85. The molecule has 1 aromatic rings. The Kier molecular flexibility index (Phi) is 25.2. The first-order valence-corrected chi connectivity index (χ1v) is 6.49. The van der Waals surface area contributed by atoms with Crippen LogP contribution in [0.4, 0.5) is 0 Å². The van der Waals surface area contributed by atoms with Gasteiger partial charge in [-0.05, 0) is 38.3 Å². The molecule has 0 radical (unpaired) electrons. The quantitative estimate of drug-likeness (QED) is 0.754. The molecule has 0 aromatic carbocycles. The Morgan fingerprint density at radius 1 is 1.26 bits per heavy atom. The highest BCUT2D eigenvalue weighted by atomic mass is 15.1. The van der Waals surface area contributed by atoms with E-state index in [2.05, 4.69) is 26.9 Å². The van der Waals surface area contributed by atoms with Crippen LogP contribution in [0.15, 0.2) is 40.1 Å². The second-order valence-corrected chi connectivity index (χ2v) is 2.81. The summed E-state index contributed by atoms with van der Waals surface area (Å²) in [6.45, 7) is 15.1. The van der Waals surface area contributed by atoms with Crippen LogP contribution < -0.4 is 0 Å². The molecule has 1 rings (SSSR count). The van der Waals surface area contributed by atoms with Crippen LogP contribution in [0.2, 0.25) is 0 Å². The molecule has 4 heteroatoms. The van der Waals surface area contributed by atoms with Crippen LogP contribution in [0.5, 0.6) is 0 Å². The number of hydrogen-bond acceptors (Lipinski definition) is 4. The van der Waals surface area contributed by atoms with Crippen molar-refractivity contribution in [3.05, 3.63) is 35.8 Å². The van der Waals surface area contributed by atoms with Gasteiger partial charge >= 0.3 is 0 Å². The summed E-state index contributed by atoms with van der Waals surface area (Å²) in [7, 11) is 1.72. The van der Waals surface area contributed by atoms with Gasteiger partial charge in [0, 0.05) is 25.7 Å². The number of rotatable bonds is 2. The van der Waals surface area contributed by atoms with Gasteiger partial charge in [-0.2, -0.15) is 10.2 Å². The highest BCUT2D eigenvalue weighted by Gasteiger charge is 1.75. The molecule has 1 aromatic heterocycles. The van der Waals surface area contributed by atoms with Crippen molar-refractivity contribution in [2.45, 2.75) is 41.5 Å². The van der Waals surface area contributed by atoms with Gasteiger partial charge in [0.05, 0.1) is 5.69 Å². The zero-order valence-corrected chi connectivity index (χ0v) is 13.4. The van der Waals surface area contributed by atoms with Crippen LogP contribution in [0.3, 0.4) is 0 Å². The molecule has 0 bridgehead atoms. The predicted molar refractivity (Wildman–Crippen MR) is 87.2 cm³/mol. The fourth-order valence-corrected chi connectivity index (χ4v) is 0.759. The van der Waals surface area contributed by atoms with Gasteiger partial charge < -0.3 is 0 Å². The highest BCUT2D eigenvalue weighted by molar-refractivity contribution is 5.77. The van der Waals surface area contributed by atoms with Crippen molar-refractivity contribution >= 4 is 12.9 Å². The third-order valence-corrected chi connectivity index (χ3v) is 1.33. The minimum Gasteiger partial charge on any atom is -0.296 e. The average molecular weight is 264 g/mol. The van der Waals surface area contributed by atoms with Gasteiger partial charge in [-0.1, -0.05) is 27.7 Å². The maximum atomic E-state index is 3.77. The Labute approximate surface area is 118 Å². The molecule has 0 N–H and O–H groups in total. The fourth-order valence-electron chi connectivity index (χ4n) is 0.759. The number of aromatic nitrogens is 2. The van der Waals surface area contributed by atoms with Crippen LogP contribution >= 0.6 is 0 Å². The maximum Gasteiger partial charge on any atom is 0.0600 e. The standard InChI is InChI=1S/C6H10N2.C5H6N2.2C2H6/c1-6(4-7-2)5-8-3;1-5-3-2-4-6-7-5;2*1-2/h4-5H,2H2,1,3H3;2-4H,1H3;2*1-2H3/b6-4-,8-5?;;;. The summed E-state index contributed by atoms with van der Waals surface area (Å²) in [6, 6.07) is 3.77. The lowest BCUT2D eigenvalue weighted by Crippen LogP contribution is -1.79. The molecule has 0 unspecified atom stereocenters. The lowest BCUT2D eigenvalue weighted by Gasteiger charge is -1.81. The van der Waals surface area contributed by atoms with Crippen molar-refractivity contribution in [3.8, 4) is 0 Å². The minimum atomic E-state index is 0.961. The topological polar surface area (TPSA) is 50.5 Å². The summed E-state index contributed by atoms with van der Waals surface area (Å²) in [5, 5.41) is 7.36. The second-order valence-electron chi connectivity index (χ2n) is 2.81. The lowest BCUT2D eigenvalue weighted by molar-refractivity contribution is 0.980. The van der Waals surface area contributed by atoms with Crippen molar-refractivity contribution in [2.24, 2.45) is 9.98 Å². The van der Waals surface area contributed by atoms with Crippen LogP contribution in [-0.4, -0.2) is 30.2 Å². The summed E-state index contributed by atoms with van der Waals surface area (Å²) in [4.78, 5) is 7.32. The van der Waals surface area contributed by atoms with Crippen molar-refractivity contribution in [3.63, 3.8) is 0 Å². The first-order chi connectivity index (χ1) is 9.20. The van der Waals surface area contributed by atoms with Gasteiger partial charge in [0.25, 0.3) is 0 Å².